The predicted molar refractivity (Wildman–Crippen MR) is 139 cm³/mol. The largest absolute Gasteiger partial charge is 0.343 e. The summed E-state index contributed by atoms with van der Waals surface area (Å²) in [6.07, 6.45) is 2.52. The lowest BCUT2D eigenvalue weighted by molar-refractivity contribution is -0.138. The predicted octanol–water partition coefficient (Wildman–Crippen LogP) is 1.29. The molecular formula is C24H30ClN7O4S. The van der Waals surface area contributed by atoms with Gasteiger partial charge in [-0.2, -0.15) is 0 Å². The lowest BCUT2D eigenvalue weighted by Crippen LogP contribution is -2.62. The molecular weight excluding hydrogens is 518 g/mol. The lowest BCUT2D eigenvalue weighted by Gasteiger charge is -2.39. The van der Waals surface area contributed by atoms with Crippen molar-refractivity contribution in [2.45, 2.75) is 45.3 Å². The molecule has 198 valence electrons. The maximum atomic E-state index is 13.2. The molecule has 0 saturated carbocycles. The first-order valence-electron chi connectivity index (χ1n) is 12.1. The SMILES string of the molecule is CC(C)C(=O)N1CC[C@H](NC(=O)C(=O)Nc2ccc(Cl)cn2)[C@H](NC(=O)c2nc3c(s2)CN(C)CC3)C1. The first-order valence-corrected chi connectivity index (χ1v) is 13.3. The highest BCUT2D eigenvalue weighted by Gasteiger charge is 2.36. The van der Waals surface area contributed by atoms with Gasteiger partial charge in [0.05, 0.1) is 22.8 Å². The molecule has 2 atom stereocenters. The van der Waals surface area contributed by atoms with Gasteiger partial charge >= 0.3 is 11.8 Å². The van der Waals surface area contributed by atoms with E-state index in [-0.39, 0.29) is 30.1 Å². The number of hydrogen-bond acceptors (Lipinski definition) is 8. The monoisotopic (exact) mass is 547 g/mol. The molecule has 4 heterocycles. The van der Waals surface area contributed by atoms with Crippen molar-refractivity contribution in [3.8, 4) is 0 Å². The minimum Gasteiger partial charge on any atom is -0.343 e. The Morgan fingerprint density at radius 3 is 2.59 bits per heavy atom. The highest BCUT2D eigenvalue weighted by atomic mass is 35.5. The quantitative estimate of drug-likeness (QED) is 0.480. The molecule has 0 spiro atoms. The Morgan fingerprint density at radius 1 is 1.11 bits per heavy atom. The number of carbonyl (C=O) groups excluding carboxylic acids is 4. The van der Waals surface area contributed by atoms with Gasteiger partial charge in [0.25, 0.3) is 5.91 Å². The summed E-state index contributed by atoms with van der Waals surface area (Å²) >= 11 is 7.16. The second-order valence-corrected chi connectivity index (χ2v) is 11.1. The summed E-state index contributed by atoms with van der Waals surface area (Å²) < 4.78 is 0. The van der Waals surface area contributed by atoms with Gasteiger partial charge in [-0.05, 0) is 25.6 Å². The average Bonchev–Trinajstić information content (AvgIpc) is 3.29. The number of likely N-dealkylation sites (N-methyl/N-ethyl adjacent to an activating group) is 1. The number of fused-ring (bicyclic) bond motifs is 1. The van der Waals surface area contributed by atoms with Crippen LogP contribution in [-0.4, -0.2) is 82.2 Å². The van der Waals surface area contributed by atoms with E-state index in [2.05, 4.69) is 30.8 Å². The van der Waals surface area contributed by atoms with Gasteiger partial charge in [-0.3, -0.25) is 19.2 Å². The molecule has 11 nitrogen and oxygen atoms in total. The fourth-order valence-electron chi connectivity index (χ4n) is 4.34. The summed E-state index contributed by atoms with van der Waals surface area (Å²) in [5, 5.41) is 8.86. The molecule has 4 amide bonds. The molecule has 0 aliphatic carbocycles. The van der Waals surface area contributed by atoms with E-state index in [9.17, 15) is 19.2 Å². The summed E-state index contributed by atoms with van der Waals surface area (Å²) in [5.41, 5.74) is 0.936. The van der Waals surface area contributed by atoms with Crippen molar-refractivity contribution in [3.63, 3.8) is 0 Å². The van der Waals surface area contributed by atoms with Crippen LogP contribution in [0.5, 0.6) is 0 Å². The summed E-state index contributed by atoms with van der Waals surface area (Å²) in [6.45, 7) is 5.87. The molecule has 13 heteroatoms. The van der Waals surface area contributed by atoms with E-state index in [1.165, 1.54) is 23.6 Å². The van der Waals surface area contributed by atoms with Crippen molar-refractivity contribution in [1.82, 2.24) is 30.4 Å². The van der Waals surface area contributed by atoms with Gasteiger partial charge in [-0.25, -0.2) is 9.97 Å². The van der Waals surface area contributed by atoms with E-state index in [1.54, 1.807) is 11.0 Å². The van der Waals surface area contributed by atoms with Crippen molar-refractivity contribution in [3.05, 3.63) is 38.9 Å². The second kappa shape index (κ2) is 11.5. The maximum Gasteiger partial charge on any atom is 0.314 e. The van der Waals surface area contributed by atoms with Crippen molar-refractivity contribution in [2.24, 2.45) is 5.92 Å². The molecule has 0 unspecified atom stereocenters. The Balaban J connectivity index is 1.45. The number of rotatable bonds is 5. The van der Waals surface area contributed by atoms with Gasteiger partial charge in [0.2, 0.25) is 5.91 Å². The van der Waals surface area contributed by atoms with Gasteiger partial charge in [-0.1, -0.05) is 25.4 Å². The third-order valence-electron chi connectivity index (χ3n) is 6.34. The Kier molecular flexibility index (Phi) is 8.40. The van der Waals surface area contributed by atoms with E-state index < -0.39 is 23.9 Å². The highest BCUT2D eigenvalue weighted by Crippen LogP contribution is 2.25. The van der Waals surface area contributed by atoms with Gasteiger partial charge in [0.1, 0.15) is 5.82 Å². The number of likely N-dealkylation sites (tertiary alicyclic amines) is 1. The number of piperidine rings is 1. The van der Waals surface area contributed by atoms with Crippen molar-refractivity contribution in [2.75, 3.05) is 32.0 Å². The van der Waals surface area contributed by atoms with E-state index in [0.29, 0.717) is 23.0 Å². The number of nitrogens with zero attached hydrogens (tertiary/aromatic N) is 4. The normalized spacial score (nSPS) is 19.8. The molecule has 4 rings (SSSR count). The molecule has 0 bridgehead atoms. The van der Waals surface area contributed by atoms with Crippen LogP contribution in [-0.2, 0) is 27.3 Å². The number of carbonyl (C=O) groups is 4. The zero-order valence-electron chi connectivity index (χ0n) is 20.9. The smallest absolute Gasteiger partial charge is 0.314 e. The van der Waals surface area contributed by atoms with Crippen LogP contribution < -0.4 is 16.0 Å². The maximum absolute atomic E-state index is 13.2. The van der Waals surface area contributed by atoms with Crippen LogP contribution >= 0.6 is 22.9 Å². The Bertz CT molecular complexity index is 1190. The standard InChI is InChI=1S/C24H30ClN7O4S/c1-13(2)24(36)32-9-7-15(27-20(33)21(34)30-19-5-4-14(25)10-26-19)17(11-32)28-22(35)23-29-16-6-8-31(3)12-18(16)37-23/h4-5,10,13,15,17H,6-9,11-12H2,1-3H3,(H,27,33)(H,28,35)(H,26,30,34)/t15-,17+/m0/s1. The highest BCUT2D eigenvalue weighted by molar-refractivity contribution is 7.13. The average molecular weight is 548 g/mol. The number of thiazole rings is 1. The summed E-state index contributed by atoms with van der Waals surface area (Å²) in [7, 11) is 2.02. The fourth-order valence-corrected chi connectivity index (χ4v) is 5.55. The van der Waals surface area contributed by atoms with E-state index >= 15 is 0 Å². The van der Waals surface area contributed by atoms with Gasteiger partial charge in [-0.15, -0.1) is 11.3 Å². The van der Waals surface area contributed by atoms with Crippen molar-refractivity contribution >= 4 is 52.4 Å². The van der Waals surface area contributed by atoms with Crippen LogP contribution in [0.2, 0.25) is 5.02 Å². The molecule has 2 aliphatic rings. The summed E-state index contributed by atoms with van der Waals surface area (Å²) in [5.74, 6) is -2.18. The number of halogens is 1. The number of nitrogens with one attached hydrogen (secondary N) is 3. The Morgan fingerprint density at radius 2 is 1.89 bits per heavy atom. The molecule has 0 aromatic carbocycles. The zero-order valence-corrected chi connectivity index (χ0v) is 22.5. The summed E-state index contributed by atoms with van der Waals surface area (Å²) in [6, 6.07) is 1.87. The molecule has 1 fully saturated rings. The number of aromatic nitrogens is 2. The number of anilines is 1. The van der Waals surface area contributed by atoms with Crippen LogP contribution in [0, 0.1) is 5.92 Å². The number of hydrogen-bond donors (Lipinski definition) is 3. The molecule has 2 aromatic heterocycles. The topological polar surface area (TPSA) is 137 Å². The molecule has 2 aromatic rings. The van der Waals surface area contributed by atoms with Crippen molar-refractivity contribution in [1.29, 1.82) is 0 Å². The fraction of sp³-hybridized carbons (Fsp3) is 0.500. The molecule has 3 N–H and O–H groups in total. The van der Waals surface area contributed by atoms with Gasteiger partial charge in [0, 0.05) is 49.6 Å². The lowest BCUT2D eigenvalue weighted by atomic mass is 9.97. The minimum atomic E-state index is -0.891. The van der Waals surface area contributed by atoms with Gasteiger partial charge in [0.15, 0.2) is 5.01 Å². The Hall–Kier alpha value is -3.09. The molecule has 2 aliphatic heterocycles. The Labute approximate surface area is 224 Å². The van der Waals surface area contributed by atoms with Crippen LogP contribution in [0.1, 0.15) is 40.6 Å². The third-order valence-corrected chi connectivity index (χ3v) is 7.65. The first-order chi connectivity index (χ1) is 17.6. The van der Waals surface area contributed by atoms with Gasteiger partial charge < -0.3 is 25.8 Å². The minimum absolute atomic E-state index is 0.0386. The third kappa shape index (κ3) is 6.62. The van der Waals surface area contributed by atoms with E-state index in [1.807, 2.05) is 20.9 Å². The van der Waals surface area contributed by atoms with E-state index in [4.69, 9.17) is 11.6 Å². The van der Waals surface area contributed by atoms with E-state index in [0.717, 1.165) is 30.1 Å². The van der Waals surface area contributed by atoms with Crippen LogP contribution in [0.4, 0.5) is 5.82 Å². The molecule has 1 saturated heterocycles. The number of amides is 4. The van der Waals surface area contributed by atoms with Crippen LogP contribution in [0.15, 0.2) is 18.3 Å². The summed E-state index contributed by atoms with van der Waals surface area (Å²) in [4.78, 5) is 64.4. The zero-order chi connectivity index (χ0) is 26.7. The van der Waals surface area contributed by atoms with Crippen LogP contribution in [0.25, 0.3) is 0 Å². The first kappa shape index (κ1) is 27.0. The molecule has 0 radical (unpaired) electrons. The van der Waals surface area contributed by atoms with Crippen LogP contribution in [0.3, 0.4) is 0 Å². The van der Waals surface area contributed by atoms with Crippen molar-refractivity contribution < 1.29 is 19.2 Å². The molecule has 37 heavy (non-hydrogen) atoms. The second-order valence-electron chi connectivity index (χ2n) is 9.58. The number of pyridine rings is 1.